The van der Waals surface area contributed by atoms with E-state index < -0.39 is 0 Å². The first-order valence-electron chi connectivity index (χ1n) is 12.6. The summed E-state index contributed by atoms with van der Waals surface area (Å²) in [5.41, 5.74) is 9.33. The van der Waals surface area contributed by atoms with Gasteiger partial charge in [0.15, 0.2) is 6.29 Å². The summed E-state index contributed by atoms with van der Waals surface area (Å²) in [6, 6.07) is 13.9. The fourth-order valence-electron chi connectivity index (χ4n) is 3.72. The molecule has 2 aromatic rings. The molecule has 0 amide bonds. The van der Waals surface area contributed by atoms with E-state index in [9.17, 15) is 4.79 Å². The summed E-state index contributed by atoms with van der Waals surface area (Å²) in [6.07, 6.45) is 10.1. The second kappa shape index (κ2) is 20.7. The quantitative estimate of drug-likeness (QED) is 0.380. The molecule has 6 nitrogen and oxygen atoms in total. The van der Waals surface area contributed by atoms with Crippen LogP contribution in [0.25, 0.3) is 0 Å². The van der Waals surface area contributed by atoms with Gasteiger partial charge in [0.2, 0.25) is 0 Å². The summed E-state index contributed by atoms with van der Waals surface area (Å²) < 4.78 is 10.6. The molecule has 2 aromatic carbocycles. The van der Waals surface area contributed by atoms with E-state index in [-0.39, 0.29) is 12.6 Å². The Kier molecular flexibility index (Phi) is 19.1. The highest BCUT2D eigenvalue weighted by atomic mass is 16.5. The van der Waals surface area contributed by atoms with Crippen molar-refractivity contribution in [3.8, 4) is 11.5 Å². The van der Waals surface area contributed by atoms with Crippen LogP contribution >= 0.6 is 0 Å². The zero-order valence-electron chi connectivity index (χ0n) is 22.5. The summed E-state index contributed by atoms with van der Waals surface area (Å²) in [6.45, 7) is 7.51. The molecule has 3 rings (SSSR count). The number of carbonyl (C=O) groups excluding carboxylic acids is 2. The molecule has 1 saturated carbocycles. The van der Waals surface area contributed by atoms with E-state index in [4.69, 9.17) is 20.0 Å². The molecule has 0 radical (unpaired) electrons. The number of rotatable bonds is 7. The zero-order chi connectivity index (χ0) is 26.5. The lowest BCUT2D eigenvalue weighted by atomic mass is 9.97. The van der Waals surface area contributed by atoms with E-state index in [0.717, 1.165) is 41.1 Å². The van der Waals surface area contributed by atoms with Crippen molar-refractivity contribution >= 4 is 12.6 Å². The van der Waals surface area contributed by atoms with E-state index >= 15 is 0 Å². The maximum Gasteiger partial charge on any atom is 0.157 e. The molecule has 1 aliphatic rings. The van der Waals surface area contributed by atoms with Crippen molar-refractivity contribution in [3.63, 3.8) is 0 Å². The van der Waals surface area contributed by atoms with Crippen LogP contribution in [0.3, 0.4) is 0 Å². The third-order valence-electron chi connectivity index (χ3n) is 5.54. The van der Waals surface area contributed by atoms with E-state index in [1.54, 1.807) is 19.2 Å². The molecule has 3 N–H and O–H groups in total. The number of benzene rings is 2. The molecule has 6 heteroatoms. The molecule has 1 atom stereocenters. The normalized spacial score (nSPS) is 13.7. The van der Waals surface area contributed by atoms with Crippen LogP contribution in [0.1, 0.15) is 82.0 Å². The highest BCUT2D eigenvalue weighted by Crippen LogP contribution is 2.30. The largest absolute Gasteiger partial charge is 0.496 e. The number of nitrogens with one attached hydrogen (secondary N) is 1. The predicted octanol–water partition coefficient (Wildman–Crippen LogP) is 5.79. The second-order valence-corrected chi connectivity index (χ2v) is 7.98. The first-order valence-corrected chi connectivity index (χ1v) is 12.6. The molecule has 0 aromatic heterocycles. The Hall–Kier alpha value is -2.70. The van der Waals surface area contributed by atoms with E-state index in [1.165, 1.54) is 45.4 Å². The van der Waals surface area contributed by atoms with Crippen LogP contribution in [0, 0.1) is 6.92 Å². The standard InChI is InChI=1S/C17H19NO3.C8H17N.C2H4O.C2H6/c1-12-3-8-15(16(11-12)20-2)17(18)13-4-6-14(7-5-13)21-10-9-19;1-9-8-6-4-2-3-5-7-8;1-2-3;1-2/h3-9,11,17H,10,18H2,1-2H3;8-9H,2-7H2,1H3;2H,1H3;1-2H3. The van der Waals surface area contributed by atoms with Crippen molar-refractivity contribution in [1.29, 1.82) is 0 Å². The van der Waals surface area contributed by atoms with Crippen molar-refractivity contribution in [3.05, 3.63) is 59.2 Å². The number of hydrogen-bond donors (Lipinski definition) is 2. The highest BCUT2D eigenvalue weighted by molar-refractivity contribution is 5.51. The van der Waals surface area contributed by atoms with Gasteiger partial charge in [-0.25, -0.2) is 0 Å². The first kappa shape index (κ1) is 32.3. The van der Waals surface area contributed by atoms with Gasteiger partial charge < -0.3 is 25.3 Å². The Bertz CT molecular complexity index is 801. The SMILES string of the molecule is CC.CC=O.CNC1CCCCCC1.COc1cc(C)ccc1C(N)c1ccc(OCC=O)cc1. The number of aryl methyl sites for hydroxylation is 1. The molecule has 0 heterocycles. The van der Waals surface area contributed by atoms with Gasteiger partial charge in [0.25, 0.3) is 0 Å². The van der Waals surface area contributed by atoms with Gasteiger partial charge in [-0.3, -0.25) is 4.79 Å². The number of methoxy groups -OCH3 is 1. The van der Waals surface area contributed by atoms with Gasteiger partial charge in [-0.15, -0.1) is 0 Å². The Balaban J connectivity index is 0.000000684. The van der Waals surface area contributed by atoms with Gasteiger partial charge in [-0.05, 0) is 63.1 Å². The summed E-state index contributed by atoms with van der Waals surface area (Å²) in [7, 11) is 3.72. The number of ether oxygens (including phenoxy) is 2. The van der Waals surface area contributed by atoms with Gasteiger partial charge in [0.05, 0.1) is 13.2 Å². The average Bonchev–Trinajstić information content (AvgIpc) is 3.18. The van der Waals surface area contributed by atoms with Crippen LogP contribution in [0.4, 0.5) is 0 Å². The van der Waals surface area contributed by atoms with Crippen molar-refractivity contribution in [2.75, 3.05) is 20.8 Å². The molecule has 1 aliphatic carbocycles. The lowest BCUT2D eigenvalue weighted by Crippen LogP contribution is -2.23. The highest BCUT2D eigenvalue weighted by Gasteiger charge is 2.14. The molecular formula is C29H46N2O4. The minimum atomic E-state index is -0.277. The van der Waals surface area contributed by atoms with Gasteiger partial charge in [0.1, 0.15) is 24.4 Å². The first-order chi connectivity index (χ1) is 17.0. The fraction of sp³-hybridized carbons (Fsp3) is 0.517. The van der Waals surface area contributed by atoms with Gasteiger partial charge >= 0.3 is 0 Å². The fourth-order valence-corrected chi connectivity index (χ4v) is 3.72. The Labute approximate surface area is 212 Å². The van der Waals surface area contributed by atoms with Crippen LogP contribution in [0.2, 0.25) is 0 Å². The van der Waals surface area contributed by atoms with Gasteiger partial charge in [0, 0.05) is 11.6 Å². The molecular weight excluding hydrogens is 440 g/mol. The van der Waals surface area contributed by atoms with Crippen LogP contribution in [0.5, 0.6) is 11.5 Å². The zero-order valence-corrected chi connectivity index (χ0v) is 22.5. The predicted molar refractivity (Wildman–Crippen MR) is 145 cm³/mol. The number of aldehydes is 2. The molecule has 0 saturated heterocycles. The van der Waals surface area contributed by atoms with Crippen molar-refractivity contribution in [2.45, 2.75) is 78.3 Å². The average molecular weight is 487 g/mol. The lowest BCUT2D eigenvalue weighted by Gasteiger charge is -2.17. The number of hydrogen-bond acceptors (Lipinski definition) is 6. The third-order valence-corrected chi connectivity index (χ3v) is 5.54. The second-order valence-electron chi connectivity index (χ2n) is 7.98. The Morgan fingerprint density at radius 2 is 1.60 bits per heavy atom. The van der Waals surface area contributed by atoms with Crippen molar-refractivity contribution in [2.24, 2.45) is 5.73 Å². The van der Waals surface area contributed by atoms with E-state index in [2.05, 4.69) is 12.4 Å². The van der Waals surface area contributed by atoms with Crippen molar-refractivity contribution < 1.29 is 19.1 Å². The lowest BCUT2D eigenvalue weighted by molar-refractivity contribution is -0.109. The summed E-state index contributed by atoms with van der Waals surface area (Å²) in [5, 5.41) is 3.34. The molecule has 0 bridgehead atoms. The maximum atomic E-state index is 10.3. The van der Waals surface area contributed by atoms with Crippen molar-refractivity contribution in [1.82, 2.24) is 5.32 Å². The van der Waals surface area contributed by atoms with Gasteiger partial charge in [-0.1, -0.05) is 63.8 Å². The van der Waals surface area contributed by atoms with Crippen LogP contribution < -0.4 is 20.5 Å². The maximum absolute atomic E-state index is 10.3. The number of nitrogens with two attached hydrogens (primary N) is 1. The Morgan fingerprint density at radius 1 is 1.03 bits per heavy atom. The molecule has 0 spiro atoms. The number of carbonyl (C=O) groups is 2. The molecule has 1 fully saturated rings. The summed E-state index contributed by atoms with van der Waals surface area (Å²) in [4.78, 5) is 19.1. The third kappa shape index (κ3) is 13.1. The minimum absolute atomic E-state index is 0.0528. The monoisotopic (exact) mass is 486 g/mol. The smallest absolute Gasteiger partial charge is 0.157 e. The molecule has 1 unspecified atom stereocenters. The van der Waals surface area contributed by atoms with E-state index in [1.807, 2.05) is 51.1 Å². The molecule has 0 aliphatic heterocycles. The topological polar surface area (TPSA) is 90.7 Å². The van der Waals surface area contributed by atoms with E-state index in [0.29, 0.717) is 5.75 Å². The summed E-state index contributed by atoms with van der Waals surface area (Å²) in [5.74, 6) is 1.43. The summed E-state index contributed by atoms with van der Waals surface area (Å²) >= 11 is 0. The molecule has 35 heavy (non-hydrogen) atoms. The van der Waals surface area contributed by atoms with Gasteiger partial charge in [-0.2, -0.15) is 0 Å². The van der Waals surface area contributed by atoms with Crippen LogP contribution in [0.15, 0.2) is 42.5 Å². The van der Waals surface area contributed by atoms with Crippen LogP contribution in [-0.2, 0) is 9.59 Å². The minimum Gasteiger partial charge on any atom is -0.496 e. The van der Waals surface area contributed by atoms with Crippen LogP contribution in [-0.4, -0.2) is 39.4 Å². The molecule has 196 valence electrons. The Morgan fingerprint density at radius 3 is 2.09 bits per heavy atom.